The second kappa shape index (κ2) is 8.34. The van der Waals surface area contributed by atoms with Crippen LogP contribution in [0.3, 0.4) is 0 Å². The maximum atomic E-state index is 12.8. The van der Waals surface area contributed by atoms with Crippen LogP contribution >= 0.6 is 34.5 Å². The third-order valence-electron chi connectivity index (χ3n) is 4.08. The summed E-state index contributed by atoms with van der Waals surface area (Å²) >= 11 is 13.8. The first kappa shape index (κ1) is 17.7. The minimum absolute atomic E-state index is 0.0584. The van der Waals surface area contributed by atoms with Gasteiger partial charge in [0, 0.05) is 28.1 Å². The lowest BCUT2D eigenvalue weighted by Crippen LogP contribution is -2.37. The summed E-state index contributed by atoms with van der Waals surface area (Å²) in [5.41, 5.74) is 0.801. The maximum absolute atomic E-state index is 12.8. The van der Waals surface area contributed by atoms with Crippen LogP contribution in [0.25, 0.3) is 0 Å². The van der Waals surface area contributed by atoms with E-state index in [4.69, 9.17) is 27.9 Å². The van der Waals surface area contributed by atoms with E-state index in [-0.39, 0.29) is 18.4 Å². The zero-order valence-corrected chi connectivity index (χ0v) is 15.5. The molecule has 128 valence electrons. The molecule has 1 unspecified atom stereocenters. The molecule has 0 saturated carbocycles. The number of benzene rings is 1. The van der Waals surface area contributed by atoms with Crippen molar-refractivity contribution in [2.24, 2.45) is 0 Å². The molecule has 1 saturated heterocycles. The fraction of sp³-hybridized carbons (Fsp3) is 0.389. The summed E-state index contributed by atoms with van der Waals surface area (Å²) in [7, 11) is 0. The number of nitrogens with zero attached hydrogens (tertiary/aromatic N) is 1. The highest BCUT2D eigenvalue weighted by Crippen LogP contribution is 2.23. The van der Waals surface area contributed by atoms with Crippen LogP contribution < -0.4 is 0 Å². The summed E-state index contributed by atoms with van der Waals surface area (Å²) in [4.78, 5) is 15.9. The highest BCUT2D eigenvalue weighted by atomic mass is 35.5. The molecule has 0 spiro atoms. The average molecular weight is 384 g/mol. The Kier molecular flexibility index (Phi) is 6.17. The molecule has 1 aromatic heterocycles. The third-order valence-corrected chi connectivity index (χ3v) is 5.53. The Morgan fingerprint density at radius 3 is 2.88 bits per heavy atom. The Labute approximate surface area is 156 Å². The molecule has 24 heavy (non-hydrogen) atoms. The topological polar surface area (TPSA) is 29.5 Å². The van der Waals surface area contributed by atoms with Crippen molar-refractivity contribution in [2.45, 2.75) is 31.9 Å². The van der Waals surface area contributed by atoms with Gasteiger partial charge < -0.3 is 9.64 Å². The van der Waals surface area contributed by atoms with Gasteiger partial charge in [-0.1, -0.05) is 35.3 Å². The standard InChI is InChI=1S/C18H19Cl2NO2S/c19-14-6-5-13(17(20)10-14)9-18(22)21(11-15-3-1-7-23-15)12-16-4-2-8-24-16/h2,4-6,8,10,15H,1,3,7,9,11-12H2. The fourth-order valence-electron chi connectivity index (χ4n) is 2.82. The van der Waals surface area contributed by atoms with Crippen molar-refractivity contribution in [1.29, 1.82) is 0 Å². The summed E-state index contributed by atoms with van der Waals surface area (Å²) < 4.78 is 5.71. The lowest BCUT2D eigenvalue weighted by atomic mass is 10.1. The second-order valence-corrected chi connectivity index (χ2v) is 7.78. The molecule has 0 aliphatic carbocycles. The third kappa shape index (κ3) is 4.73. The molecule has 1 fully saturated rings. The van der Waals surface area contributed by atoms with Crippen molar-refractivity contribution in [3.8, 4) is 0 Å². The Balaban J connectivity index is 1.71. The number of halogens is 2. The van der Waals surface area contributed by atoms with E-state index in [0.717, 1.165) is 25.0 Å². The van der Waals surface area contributed by atoms with E-state index in [0.29, 0.717) is 23.1 Å². The minimum Gasteiger partial charge on any atom is -0.376 e. The van der Waals surface area contributed by atoms with E-state index in [1.807, 2.05) is 22.4 Å². The van der Waals surface area contributed by atoms with Gasteiger partial charge in [-0.2, -0.15) is 0 Å². The zero-order chi connectivity index (χ0) is 16.9. The van der Waals surface area contributed by atoms with E-state index in [1.165, 1.54) is 4.88 Å². The smallest absolute Gasteiger partial charge is 0.227 e. The van der Waals surface area contributed by atoms with Crippen LogP contribution in [-0.2, 0) is 22.5 Å². The number of carbonyl (C=O) groups is 1. The zero-order valence-electron chi connectivity index (χ0n) is 13.2. The van der Waals surface area contributed by atoms with Crippen LogP contribution in [0, 0.1) is 0 Å². The Morgan fingerprint density at radius 1 is 1.33 bits per heavy atom. The number of amides is 1. The molecule has 0 N–H and O–H groups in total. The van der Waals surface area contributed by atoms with Crippen molar-refractivity contribution in [2.75, 3.05) is 13.2 Å². The highest BCUT2D eigenvalue weighted by Gasteiger charge is 2.23. The van der Waals surface area contributed by atoms with Gasteiger partial charge in [0.05, 0.1) is 19.1 Å². The van der Waals surface area contributed by atoms with Crippen molar-refractivity contribution >= 4 is 40.4 Å². The minimum atomic E-state index is 0.0584. The van der Waals surface area contributed by atoms with Crippen LogP contribution in [0.2, 0.25) is 10.0 Å². The van der Waals surface area contributed by atoms with Crippen LogP contribution in [0.1, 0.15) is 23.3 Å². The number of hydrogen-bond donors (Lipinski definition) is 0. The van der Waals surface area contributed by atoms with E-state index in [2.05, 4.69) is 6.07 Å². The molecule has 0 radical (unpaired) electrons. The van der Waals surface area contributed by atoms with E-state index >= 15 is 0 Å². The highest BCUT2D eigenvalue weighted by molar-refractivity contribution is 7.09. The number of carbonyl (C=O) groups excluding carboxylic acids is 1. The molecule has 1 amide bonds. The van der Waals surface area contributed by atoms with Gasteiger partial charge in [-0.25, -0.2) is 0 Å². The molecular formula is C18H19Cl2NO2S. The van der Waals surface area contributed by atoms with Gasteiger partial charge in [0.15, 0.2) is 0 Å². The predicted molar refractivity (Wildman–Crippen MR) is 98.9 cm³/mol. The summed E-state index contributed by atoms with van der Waals surface area (Å²) in [6.45, 7) is 2.03. The largest absolute Gasteiger partial charge is 0.376 e. The number of thiophene rings is 1. The van der Waals surface area contributed by atoms with E-state index in [1.54, 1.807) is 23.5 Å². The van der Waals surface area contributed by atoms with Crippen LogP contribution in [0.4, 0.5) is 0 Å². The lowest BCUT2D eigenvalue weighted by molar-refractivity contribution is -0.132. The molecule has 6 heteroatoms. The Bertz CT molecular complexity index is 684. The predicted octanol–water partition coefficient (Wildman–Crippen LogP) is 4.81. The number of hydrogen-bond acceptors (Lipinski definition) is 3. The second-order valence-electron chi connectivity index (χ2n) is 5.90. The summed E-state index contributed by atoms with van der Waals surface area (Å²) in [6.07, 6.45) is 2.48. The average Bonchev–Trinajstić information content (AvgIpc) is 3.23. The first-order chi connectivity index (χ1) is 11.6. The molecule has 3 rings (SSSR count). The number of ether oxygens (including phenoxy) is 1. The molecule has 1 aliphatic heterocycles. The van der Waals surface area contributed by atoms with Crippen LogP contribution in [-0.4, -0.2) is 30.1 Å². The Morgan fingerprint density at radius 2 is 2.21 bits per heavy atom. The van der Waals surface area contributed by atoms with E-state index < -0.39 is 0 Å². The molecule has 3 nitrogen and oxygen atoms in total. The van der Waals surface area contributed by atoms with Gasteiger partial charge >= 0.3 is 0 Å². The van der Waals surface area contributed by atoms with Gasteiger partial charge in [-0.15, -0.1) is 11.3 Å². The molecule has 2 aromatic rings. The van der Waals surface area contributed by atoms with Gasteiger partial charge in [0.1, 0.15) is 0 Å². The molecular weight excluding hydrogens is 365 g/mol. The maximum Gasteiger partial charge on any atom is 0.227 e. The van der Waals surface area contributed by atoms with Crippen molar-refractivity contribution in [1.82, 2.24) is 4.90 Å². The SMILES string of the molecule is O=C(Cc1ccc(Cl)cc1Cl)N(Cc1cccs1)CC1CCCO1. The quantitative estimate of drug-likeness (QED) is 0.716. The van der Waals surface area contributed by atoms with Crippen LogP contribution in [0.15, 0.2) is 35.7 Å². The Hall–Kier alpha value is -1.07. The van der Waals surface area contributed by atoms with Gasteiger partial charge in [-0.3, -0.25) is 4.79 Å². The van der Waals surface area contributed by atoms with Crippen molar-refractivity contribution < 1.29 is 9.53 Å². The first-order valence-corrected chi connectivity index (χ1v) is 9.61. The lowest BCUT2D eigenvalue weighted by Gasteiger charge is -2.25. The first-order valence-electron chi connectivity index (χ1n) is 7.97. The summed E-state index contributed by atoms with van der Waals surface area (Å²) in [5.74, 6) is 0.0584. The molecule has 1 aliphatic rings. The van der Waals surface area contributed by atoms with Crippen molar-refractivity contribution in [3.05, 3.63) is 56.2 Å². The molecule has 2 heterocycles. The monoisotopic (exact) mass is 383 g/mol. The van der Waals surface area contributed by atoms with Crippen LogP contribution in [0.5, 0.6) is 0 Å². The summed E-state index contributed by atoms with van der Waals surface area (Å²) in [6, 6.07) is 9.31. The van der Waals surface area contributed by atoms with Gasteiger partial charge in [-0.05, 0) is 42.0 Å². The normalized spacial score (nSPS) is 17.2. The molecule has 1 aromatic carbocycles. The molecule has 0 bridgehead atoms. The van der Waals surface area contributed by atoms with Crippen molar-refractivity contribution in [3.63, 3.8) is 0 Å². The van der Waals surface area contributed by atoms with Gasteiger partial charge in [0.2, 0.25) is 5.91 Å². The number of rotatable bonds is 6. The van der Waals surface area contributed by atoms with Gasteiger partial charge in [0.25, 0.3) is 0 Å². The van der Waals surface area contributed by atoms with E-state index in [9.17, 15) is 4.79 Å². The molecule has 1 atom stereocenters. The summed E-state index contributed by atoms with van der Waals surface area (Å²) in [5, 5.41) is 3.13. The fourth-order valence-corrected chi connectivity index (χ4v) is 4.01.